The van der Waals surface area contributed by atoms with Crippen LogP contribution >= 0.6 is 0 Å². The smallest absolute Gasteiger partial charge is 0.305 e. The highest BCUT2D eigenvalue weighted by Crippen LogP contribution is 2.32. The van der Waals surface area contributed by atoms with Gasteiger partial charge in [0, 0.05) is 32.0 Å². The number of para-hydroxylation sites is 1. The average molecular weight is 299 g/mol. The zero-order valence-electron chi connectivity index (χ0n) is 12.7. The molecule has 0 spiro atoms. The summed E-state index contributed by atoms with van der Waals surface area (Å²) in [4.78, 5) is 38.5. The number of carbonyl (C=O) groups excluding carboxylic acids is 1. The minimum absolute atomic E-state index is 0.00755. The highest BCUT2D eigenvalue weighted by molar-refractivity contribution is 6.07. The highest BCUT2D eigenvalue weighted by Gasteiger charge is 2.32. The second-order valence-corrected chi connectivity index (χ2v) is 5.66. The van der Waals surface area contributed by atoms with E-state index in [0.717, 1.165) is 22.2 Å². The Labute approximate surface area is 127 Å². The van der Waals surface area contributed by atoms with Crippen molar-refractivity contribution in [2.45, 2.75) is 19.4 Å². The number of rotatable bonds is 1. The van der Waals surface area contributed by atoms with Crippen molar-refractivity contribution < 1.29 is 4.79 Å². The van der Waals surface area contributed by atoms with Crippen molar-refractivity contribution in [2.24, 2.45) is 14.1 Å². The molecule has 3 rings (SSSR count). The molecule has 114 valence electrons. The zero-order chi connectivity index (χ0) is 16.0. The summed E-state index contributed by atoms with van der Waals surface area (Å²) in [5.41, 5.74) is 0.912. The molecule has 2 heterocycles. The lowest BCUT2D eigenvalue weighted by Crippen LogP contribution is -2.44. The molecule has 1 amide bonds. The number of hydrogen-bond donors (Lipinski definition) is 0. The second-order valence-electron chi connectivity index (χ2n) is 5.66. The van der Waals surface area contributed by atoms with E-state index in [1.807, 2.05) is 31.2 Å². The van der Waals surface area contributed by atoms with Crippen LogP contribution in [0.4, 0.5) is 5.69 Å². The molecule has 0 bridgehead atoms. The second kappa shape index (κ2) is 4.98. The van der Waals surface area contributed by atoms with Gasteiger partial charge in [-0.2, -0.15) is 0 Å². The van der Waals surface area contributed by atoms with Gasteiger partial charge in [-0.15, -0.1) is 0 Å². The van der Waals surface area contributed by atoms with Crippen LogP contribution in [-0.2, 0) is 20.5 Å². The Morgan fingerprint density at radius 1 is 1.18 bits per heavy atom. The summed E-state index contributed by atoms with van der Waals surface area (Å²) in [5, 5.41) is 0. The number of aryl methyl sites for hydroxylation is 1. The molecule has 2 aromatic rings. The van der Waals surface area contributed by atoms with Crippen molar-refractivity contribution in [1.29, 1.82) is 0 Å². The van der Waals surface area contributed by atoms with Gasteiger partial charge in [-0.05, 0) is 25.0 Å². The summed E-state index contributed by atoms with van der Waals surface area (Å²) in [5.74, 6) is -0.367. The van der Waals surface area contributed by atoms with E-state index in [1.165, 1.54) is 24.9 Å². The molecule has 0 unspecified atom stereocenters. The SMILES string of the molecule is C[C@H]1Cc2ccccc2N1C(=O)c1cn(C)c(=O)n(C)c1=O. The van der Waals surface area contributed by atoms with Gasteiger partial charge in [0.1, 0.15) is 5.56 Å². The fraction of sp³-hybridized carbons (Fsp3) is 0.312. The lowest BCUT2D eigenvalue weighted by atomic mass is 10.1. The molecule has 0 radical (unpaired) electrons. The third-order valence-corrected chi connectivity index (χ3v) is 4.10. The zero-order valence-corrected chi connectivity index (χ0v) is 12.7. The van der Waals surface area contributed by atoms with Crippen LogP contribution in [0.5, 0.6) is 0 Å². The minimum atomic E-state index is -0.565. The summed E-state index contributed by atoms with van der Waals surface area (Å²) in [7, 11) is 2.91. The van der Waals surface area contributed by atoms with Gasteiger partial charge in [0.15, 0.2) is 0 Å². The van der Waals surface area contributed by atoms with E-state index >= 15 is 0 Å². The van der Waals surface area contributed by atoms with Crippen molar-refractivity contribution in [1.82, 2.24) is 9.13 Å². The molecule has 6 nitrogen and oxygen atoms in total. The number of fused-ring (bicyclic) bond motifs is 1. The van der Waals surface area contributed by atoms with Gasteiger partial charge in [0.25, 0.3) is 11.5 Å². The number of nitrogens with zero attached hydrogens (tertiary/aromatic N) is 3. The molecule has 0 fully saturated rings. The van der Waals surface area contributed by atoms with Crippen molar-refractivity contribution in [3.63, 3.8) is 0 Å². The summed E-state index contributed by atoms with van der Waals surface area (Å²) in [6.07, 6.45) is 2.08. The summed E-state index contributed by atoms with van der Waals surface area (Å²) < 4.78 is 2.21. The first-order chi connectivity index (χ1) is 10.4. The molecule has 1 aliphatic heterocycles. The molecule has 1 aromatic carbocycles. The monoisotopic (exact) mass is 299 g/mol. The third-order valence-electron chi connectivity index (χ3n) is 4.10. The Morgan fingerprint density at radius 3 is 2.59 bits per heavy atom. The molecule has 6 heteroatoms. The molecular formula is C16H17N3O3. The predicted octanol–water partition coefficient (Wildman–Crippen LogP) is 0.675. The molecule has 1 atom stereocenters. The molecular weight excluding hydrogens is 282 g/mol. The minimum Gasteiger partial charge on any atom is -0.305 e. The fourth-order valence-electron chi connectivity index (χ4n) is 2.96. The lowest BCUT2D eigenvalue weighted by Gasteiger charge is -2.22. The molecule has 0 N–H and O–H groups in total. The number of benzene rings is 1. The van der Waals surface area contributed by atoms with Gasteiger partial charge in [-0.1, -0.05) is 18.2 Å². The Morgan fingerprint density at radius 2 is 1.86 bits per heavy atom. The van der Waals surface area contributed by atoms with Gasteiger partial charge in [-0.3, -0.25) is 14.2 Å². The quantitative estimate of drug-likeness (QED) is 0.777. The van der Waals surface area contributed by atoms with Crippen LogP contribution in [0.25, 0.3) is 0 Å². The highest BCUT2D eigenvalue weighted by atomic mass is 16.2. The van der Waals surface area contributed by atoms with Gasteiger partial charge in [0.05, 0.1) is 0 Å². The average Bonchev–Trinajstić information content (AvgIpc) is 2.84. The maximum absolute atomic E-state index is 12.9. The number of carbonyl (C=O) groups is 1. The van der Waals surface area contributed by atoms with Gasteiger partial charge >= 0.3 is 5.69 Å². The van der Waals surface area contributed by atoms with Gasteiger partial charge in [0.2, 0.25) is 0 Å². The first-order valence-corrected chi connectivity index (χ1v) is 7.10. The maximum Gasteiger partial charge on any atom is 0.330 e. The summed E-state index contributed by atoms with van der Waals surface area (Å²) in [6, 6.07) is 7.65. The predicted molar refractivity (Wildman–Crippen MR) is 83.3 cm³/mol. The van der Waals surface area contributed by atoms with Crippen molar-refractivity contribution in [2.75, 3.05) is 4.90 Å². The molecule has 0 saturated heterocycles. The van der Waals surface area contributed by atoms with Crippen LogP contribution in [0.3, 0.4) is 0 Å². The maximum atomic E-state index is 12.9. The van der Waals surface area contributed by atoms with Crippen LogP contribution in [0.15, 0.2) is 40.1 Å². The fourth-order valence-corrected chi connectivity index (χ4v) is 2.96. The first kappa shape index (κ1) is 14.3. The summed E-state index contributed by atoms with van der Waals surface area (Å²) >= 11 is 0. The molecule has 1 aromatic heterocycles. The molecule has 0 aliphatic carbocycles. The first-order valence-electron chi connectivity index (χ1n) is 7.10. The summed E-state index contributed by atoms with van der Waals surface area (Å²) in [6.45, 7) is 1.95. The molecule has 22 heavy (non-hydrogen) atoms. The Kier molecular flexibility index (Phi) is 3.24. The Bertz CT molecular complexity index is 879. The van der Waals surface area contributed by atoms with Crippen LogP contribution in [0.2, 0.25) is 0 Å². The van der Waals surface area contributed by atoms with Crippen LogP contribution in [-0.4, -0.2) is 21.1 Å². The van der Waals surface area contributed by atoms with E-state index in [0.29, 0.717) is 0 Å². The topological polar surface area (TPSA) is 64.3 Å². The van der Waals surface area contributed by atoms with E-state index < -0.39 is 11.2 Å². The third kappa shape index (κ3) is 1.99. The van der Waals surface area contributed by atoms with Gasteiger partial charge < -0.3 is 9.47 Å². The van der Waals surface area contributed by atoms with Crippen LogP contribution in [0.1, 0.15) is 22.8 Å². The lowest BCUT2D eigenvalue weighted by molar-refractivity contribution is 0.0978. The van der Waals surface area contributed by atoms with Crippen molar-refractivity contribution in [3.8, 4) is 0 Å². The van der Waals surface area contributed by atoms with E-state index in [-0.39, 0.29) is 17.5 Å². The number of aromatic nitrogens is 2. The standard InChI is InChI=1S/C16H17N3O3/c1-10-8-11-6-4-5-7-13(11)19(10)15(21)12-9-17(2)16(22)18(3)14(12)20/h4-7,9-10H,8H2,1-3H3/t10-/m0/s1. The number of anilines is 1. The van der Waals surface area contributed by atoms with Crippen LogP contribution < -0.4 is 16.1 Å². The van der Waals surface area contributed by atoms with Crippen molar-refractivity contribution in [3.05, 3.63) is 62.4 Å². The molecule has 1 aliphatic rings. The van der Waals surface area contributed by atoms with E-state index in [9.17, 15) is 14.4 Å². The number of hydrogen-bond acceptors (Lipinski definition) is 3. The normalized spacial score (nSPS) is 16.7. The number of amides is 1. The molecule has 0 saturated carbocycles. The largest absolute Gasteiger partial charge is 0.330 e. The van der Waals surface area contributed by atoms with E-state index in [4.69, 9.17) is 0 Å². The van der Waals surface area contributed by atoms with Gasteiger partial charge in [-0.25, -0.2) is 4.79 Å². The van der Waals surface area contributed by atoms with E-state index in [2.05, 4.69) is 0 Å². The van der Waals surface area contributed by atoms with Crippen LogP contribution in [0, 0.1) is 0 Å². The Balaban J connectivity index is 2.14. The van der Waals surface area contributed by atoms with Crippen molar-refractivity contribution >= 4 is 11.6 Å². The Hall–Kier alpha value is -2.63. The van der Waals surface area contributed by atoms with E-state index in [1.54, 1.807) is 4.90 Å².